The summed E-state index contributed by atoms with van der Waals surface area (Å²) in [6, 6.07) is 14.3. The van der Waals surface area contributed by atoms with E-state index in [9.17, 15) is 0 Å². The molecule has 3 rings (SSSR count). The third kappa shape index (κ3) is 2.15. The Balaban J connectivity index is 2.09. The molecule has 0 atom stereocenters. The lowest BCUT2D eigenvalue weighted by molar-refractivity contribution is 0.414. The largest absolute Gasteiger partial charge is 0.497 e. The molecule has 2 aromatic carbocycles. The Morgan fingerprint density at radius 1 is 1.05 bits per heavy atom. The van der Waals surface area contributed by atoms with Crippen molar-refractivity contribution in [3.05, 3.63) is 69.8 Å². The van der Waals surface area contributed by atoms with Gasteiger partial charge in [-0.15, -0.1) is 0 Å². The van der Waals surface area contributed by atoms with Gasteiger partial charge in [0.15, 0.2) is 0 Å². The molecule has 1 aliphatic carbocycles. The molecule has 0 aromatic heterocycles. The maximum Gasteiger partial charge on any atom is 0.119 e. The summed E-state index contributed by atoms with van der Waals surface area (Å²) in [5.41, 5.74) is 6.59. The molecule has 0 bridgehead atoms. The van der Waals surface area contributed by atoms with Crippen LogP contribution in [0.1, 0.15) is 23.6 Å². The van der Waals surface area contributed by atoms with E-state index in [4.69, 9.17) is 16.3 Å². The third-order valence-corrected chi connectivity index (χ3v) is 3.85. The number of hydrogen-bond acceptors (Lipinski definition) is 1. The van der Waals surface area contributed by atoms with Crippen molar-refractivity contribution in [2.45, 2.75) is 13.3 Å². The van der Waals surface area contributed by atoms with Gasteiger partial charge in [-0.2, -0.15) is 0 Å². The maximum absolute atomic E-state index is 5.96. The van der Waals surface area contributed by atoms with Crippen LogP contribution in [-0.2, 0) is 6.42 Å². The Morgan fingerprint density at radius 3 is 2.47 bits per heavy atom. The lowest BCUT2D eigenvalue weighted by Crippen LogP contribution is -1.89. The minimum absolute atomic E-state index is 0.773. The third-order valence-electron chi connectivity index (χ3n) is 3.60. The van der Waals surface area contributed by atoms with Gasteiger partial charge < -0.3 is 4.74 Å². The fourth-order valence-electron chi connectivity index (χ4n) is 2.71. The highest BCUT2D eigenvalue weighted by atomic mass is 35.5. The van der Waals surface area contributed by atoms with Crippen LogP contribution in [0.15, 0.2) is 48.0 Å². The van der Waals surface area contributed by atoms with Crippen LogP contribution in [0.25, 0.3) is 5.57 Å². The van der Waals surface area contributed by atoms with Gasteiger partial charge in [-0.3, -0.25) is 0 Å². The standard InChI is InChI=1S/C17H15ClO/c1-11-9-13-10-15(19-2)7-8-16(13)17(11)12-3-5-14(18)6-4-12/h3-8,10H,9H2,1-2H3. The molecule has 2 aromatic rings. The van der Waals surface area contributed by atoms with E-state index in [1.54, 1.807) is 7.11 Å². The van der Waals surface area contributed by atoms with Crippen LogP contribution >= 0.6 is 11.6 Å². The molecule has 1 nitrogen and oxygen atoms in total. The van der Waals surface area contributed by atoms with Crippen LogP contribution in [0.5, 0.6) is 5.75 Å². The predicted molar refractivity (Wildman–Crippen MR) is 79.8 cm³/mol. The van der Waals surface area contributed by atoms with Crippen molar-refractivity contribution in [2.75, 3.05) is 7.11 Å². The molecular weight excluding hydrogens is 256 g/mol. The van der Waals surface area contributed by atoms with E-state index in [1.165, 1.54) is 27.8 Å². The number of ether oxygens (including phenoxy) is 1. The summed E-state index contributed by atoms with van der Waals surface area (Å²) in [5, 5.41) is 0.773. The Hall–Kier alpha value is -1.73. The van der Waals surface area contributed by atoms with Crippen molar-refractivity contribution in [3.63, 3.8) is 0 Å². The lowest BCUT2D eigenvalue weighted by Gasteiger charge is -2.08. The van der Waals surface area contributed by atoms with Crippen LogP contribution < -0.4 is 4.74 Å². The van der Waals surface area contributed by atoms with Crippen molar-refractivity contribution in [1.29, 1.82) is 0 Å². The molecular formula is C17H15ClO. The average molecular weight is 271 g/mol. The molecule has 2 heteroatoms. The second-order valence-electron chi connectivity index (χ2n) is 4.86. The van der Waals surface area contributed by atoms with E-state index in [0.717, 1.165) is 17.2 Å². The van der Waals surface area contributed by atoms with E-state index in [0.29, 0.717) is 0 Å². The fraction of sp³-hybridized carbons (Fsp3) is 0.176. The highest BCUT2D eigenvalue weighted by Gasteiger charge is 2.20. The summed E-state index contributed by atoms with van der Waals surface area (Å²) >= 11 is 5.96. The molecule has 0 amide bonds. The van der Waals surface area contributed by atoms with Gasteiger partial charge in [-0.1, -0.05) is 35.4 Å². The molecule has 0 radical (unpaired) electrons. The summed E-state index contributed by atoms with van der Waals surface area (Å²) in [7, 11) is 1.71. The van der Waals surface area contributed by atoms with Crippen molar-refractivity contribution in [2.24, 2.45) is 0 Å². The molecule has 0 saturated heterocycles. The first kappa shape index (κ1) is 12.3. The van der Waals surface area contributed by atoms with Gasteiger partial charge in [-0.25, -0.2) is 0 Å². The quantitative estimate of drug-likeness (QED) is 0.767. The summed E-state index contributed by atoms with van der Waals surface area (Å²) < 4.78 is 5.30. The zero-order valence-corrected chi connectivity index (χ0v) is 11.8. The van der Waals surface area contributed by atoms with Gasteiger partial charge in [0.2, 0.25) is 0 Å². The van der Waals surface area contributed by atoms with Gasteiger partial charge in [-0.05, 0) is 59.9 Å². The van der Waals surface area contributed by atoms with E-state index < -0.39 is 0 Å². The highest BCUT2D eigenvalue weighted by molar-refractivity contribution is 6.30. The number of hydrogen-bond donors (Lipinski definition) is 0. The summed E-state index contributed by atoms with van der Waals surface area (Å²) in [5.74, 6) is 0.920. The second kappa shape index (κ2) is 4.75. The van der Waals surface area contributed by atoms with Crippen molar-refractivity contribution in [1.82, 2.24) is 0 Å². The molecule has 96 valence electrons. The monoisotopic (exact) mass is 270 g/mol. The molecule has 0 heterocycles. The smallest absolute Gasteiger partial charge is 0.119 e. The second-order valence-corrected chi connectivity index (χ2v) is 5.30. The Labute approximate surface area is 118 Å². The average Bonchev–Trinajstić information content (AvgIpc) is 2.74. The molecule has 0 unspecified atom stereocenters. The first-order valence-electron chi connectivity index (χ1n) is 6.32. The number of rotatable bonds is 2. The molecule has 0 fully saturated rings. The Kier molecular flexibility index (Phi) is 3.08. The van der Waals surface area contributed by atoms with Crippen LogP contribution in [0.4, 0.5) is 0 Å². The topological polar surface area (TPSA) is 9.23 Å². The van der Waals surface area contributed by atoms with Gasteiger partial charge in [0, 0.05) is 5.02 Å². The SMILES string of the molecule is COc1ccc2c(c1)CC(C)=C2c1ccc(Cl)cc1. The van der Waals surface area contributed by atoms with Crippen molar-refractivity contribution >= 4 is 17.2 Å². The van der Waals surface area contributed by atoms with E-state index in [1.807, 2.05) is 18.2 Å². The highest BCUT2D eigenvalue weighted by Crippen LogP contribution is 2.38. The Morgan fingerprint density at radius 2 is 1.79 bits per heavy atom. The zero-order valence-electron chi connectivity index (χ0n) is 11.0. The van der Waals surface area contributed by atoms with Gasteiger partial charge in [0.05, 0.1) is 7.11 Å². The number of halogens is 1. The van der Waals surface area contributed by atoms with Crippen LogP contribution in [0.2, 0.25) is 5.02 Å². The van der Waals surface area contributed by atoms with Crippen LogP contribution in [0.3, 0.4) is 0 Å². The van der Waals surface area contributed by atoms with Crippen LogP contribution in [0, 0.1) is 0 Å². The number of methoxy groups -OCH3 is 1. The van der Waals surface area contributed by atoms with E-state index in [-0.39, 0.29) is 0 Å². The summed E-state index contributed by atoms with van der Waals surface area (Å²) in [6.45, 7) is 2.19. The van der Waals surface area contributed by atoms with Gasteiger partial charge in [0.1, 0.15) is 5.75 Å². The minimum Gasteiger partial charge on any atom is -0.497 e. The fourth-order valence-corrected chi connectivity index (χ4v) is 2.84. The lowest BCUT2D eigenvalue weighted by atomic mass is 9.98. The number of allylic oxidation sites excluding steroid dienone is 1. The first-order chi connectivity index (χ1) is 9.19. The Bertz CT molecular complexity index is 653. The minimum atomic E-state index is 0.773. The normalized spacial score (nSPS) is 13.6. The van der Waals surface area contributed by atoms with Gasteiger partial charge in [0.25, 0.3) is 0 Å². The van der Waals surface area contributed by atoms with Crippen molar-refractivity contribution < 1.29 is 4.74 Å². The zero-order chi connectivity index (χ0) is 13.4. The number of benzene rings is 2. The predicted octanol–water partition coefficient (Wildman–Crippen LogP) is 4.73. The van der Waals surface area contributed by atoms with E-state index in [2.05, 4.69) is 31.2 Å². The summed E-state index contributed by atoms with van der Waals surface area (Å²) in [6.07, 6.45) is 0.991. The van der Waals surface area contributed by atoms with E-state index >= 15 is 0 Å². The maximum atomic E-state index is 5.96. The number of fused-ring (bicyclic) bond motifs is 1. The molecule has 0 aliphatic heterocycles. The molecule has 0 N–H and O–H groups in total. The van der Waals surface area contributed by atoms with Crippen molar-refractivity contribution in [3.8, 4) is 5.75 Å². The molecule has 0 spiro atoms. The molecule has 1 aliphatic rings. The summed E-state index contributed by atoms with van der Waals surface area (Å²) in [4.78, 5) is 0. The van der Waals surface area contributed by atoms with Crippen LogP contribution in [-0.4, -0.2) is 7.11 Å². The molecule has 0 saturated carbocycles. The first-order valence-corrected chi connectivity index (χ1v) is 6.70. The molecule has 19 heavy (non-hydrogen) atoms. The van der Waals surface area contributed by atoms with Gasteiger partial charge >= 0.3 is 0 Å².